The Labute approximate surface area is 148 Å². The fourth-order valence-corrected chi connectivity index (χ4v) is 3.97. The molecule has 0 aliphatic carbocycles. The molecule has 3 heterocycles. The number of likely N-dealkylation sites (tertiary alicyclic amines) is 1. The molecule has 5 heteroatoms. The summed E-state index contributed by atoms with van der Waals surface area (Å²) in [6.07, 6.45) is 3.65. The molecule has 2 aliphatic heterocycles. The van der Waals surface area contributed by atoms with Crippen LogP contribution in [0.3, 0.4) is 0 Å². The number of hydrogen-bond acceptors (Lipinski definition) is 4. The summed E-state index contributed by atoms with van der Waals surface area (Å²) in [6, 6.07) is 14.6. The van der Waals surface area contributed by atoms with Crippen LogP contribution >= 0.6 is 0 Å². The summed E-state index contributed by atoms with van der Waals surface area (Å²) in [4.78, 5) is 15.1. The first-order valence-electron chi connectivity index (χ1n) is 8.99. The summed E-state index contributed by atoms with van der Waals surface area (Å²) < 4.78 is 11.2. The standard InChI is InChI=1S/C20H24N2O3/c23-20(21-12-17-7-4-9-24-17)16-11-19-18(8-10-25-19)22(14-16)13-15-5-2-1-3-6-15/h1-7,9,16,18-19H,8,10-14H2,(H,21,23)/t16-,18-,19-/m1/s1. The van der Waals surface area contributed by atoms with Crippen molar-refractivity contribution in [1.82, 2.24) is 10.2 Å². The molecule has 1 aromatic heterocycles. The Hall–Kier alpha value is -2.11. The van der Waals surface area contributed by atoms with Gasteiger partial charge in [-0.2, -0.15) is 0 Å². The Bertz CT molecular complexity index is 686. The lowest BCUT2D eigenvalue weighted by molar-refractivity contribution is -0.130. The van der Waals surface area contributed by atoms with Gasteiger partial charge >= 0.3 is 0 Å². The minimum atomic E-state index is -0.0435. The third-order valence-corrected chi connectivity index (χ3v) is 5.23. The first kappa shape index (κ1) is 16.4. The van der Waals surface area contributed by atoms with E-state index in [9.17, 15) is 4.79 Å². The maximum atomic E-state index is 12.6. The molecule has 1 N–H and O–H groups in total. The first-order valence-corrected chi connectivity index (χ1v) is 8.99. The molecule has 0 radical (unpaired) electrons. The highest BCUT2D eigenvalue weighted by Crippen LogP contribution is 2.32. The third-order valence-electron chi connectivity index (χ3n) is 5.23. The maximum absolute atomic E-state index is 12.6. The second-order valence-electron chi connectivity index (χ2n) is 6.91. The molecular weight excluding hydrogens is 316 g/mol. The molecule has 3 atom stereocenters. The van der Waals surface area contributed by atoms with E-state index in [0.29, 0.717) is 12.6 Å². The van der Waals surface area contributed by atoms with E-state index in [1.54, 1.807) is 6.26 Å². The number of piperidine rings is 1. The van der Waals surface area contributed by atoms with Crippen LogP contribution in [-0.4, -0.2) is 36.1 Å². The highest BCUT2D eigenvalue weighted by molar-refractivity contribution is 5.79. The van der Waals surface area contributed by atoms with Crippen LogP contribution < -0.4 is 5.32 Å². The van der Waals surface area contributed by atoms with Gasteiger partial charge in [-0.3, -0.25) is 9.69 Å². The average molecular weight is 340 g/mol. The van der Waals surface area contributed by atoms with Gasteiger partial charge in [0.2, 0.25) is 5.91 Å². The zero-order valence-corrected chi connectivity index (χ0v) is 14.3. The number of amides is 1. The van der Waals surface area contributed by atoms with Crippen LogP contribution in [0.25, 0.3) is 0 Å². The molecule has 2 saturated heterocycles. The van der Waals surface area contributed by atoms with Crippen molar-refractivity contribution in [3.8, 4) is 0 Å². The van der Waals surface area contributed by atoms with Crippen LogP contribution in [0.15, 0.2) is 53.1 Å². The van der Waals surface area contributed by atoms with Gasteiger partial charge in [0, 0.05) is 25.7 Å². The van der Waals surface area contributed by atoms with E-state index in [0.717, 1.165) is 38.3 Å². The van der Waals surface area contributed by atoms with Crippen LogP contribution in [0.4, 0.5) is 0 Å². The lowest BCUT2D eigenvalue weighted by Crippen LogP contribution is -2.52. The van der Waals surface area contributed by atoms with Gasteiger partial charge in [-0.25, -0.2) is 0 Å². The molecule has 1 amide bonds. The fourth-order valence-electron chi connectivity index (χ4n) is 3.97. The number of rotatable bonds is 5. The molecule has 1 aromatic carbocycles. The number of nitrogens with one attached hydrogen (secondary N) is 1. The summed E-state index contributed by atoms with van der Waals surface area (Å²) in [5, 5.41) is 3.00. The van der Waals surface area contributed by atoms with Crippen molar-refractivity contribution >= 4 is 5.91 Å². The highest BCUT2D eigenvalue weighted by atomic mass is 16.5. The molecule has 0 saturated carbocycles. The van der Waals surface area contributed by atoms with Crippen LogP contribution in [0.5, 0.6) is 0 Å². The zero-order chi connectivity index (χ0) is 17.1. The van der Waals surface area contributed by atoms with Crippen molar-refractivity contribution < 1.29 is 13.9 Å². The van der Waals surface area contributed by atoms with Crippen molar-refractivity contribution in [2.24, 2.45) is 5.92 Å². The van der Waals surface area contributed by atoms with Gasteiger partial charge in [-0.15, -0.1) is 0 Å². The molecule has 0 unspecified atom stereocenters. The molecule has 0 bridgehead atoms. The molecule has 4 rings (SSSR count). The molecular formula is C20H24N2O3. The largest absolute Gasteiger partial charge is 0.467 e. The summed E-state index contributed by atoms with van der Waals surface area (Å²) in [7, 11) is 0. The van der Waals surface area contributed by atoms with E-state index in [-0.39, 0.29) is 17.9 Å². The van der Waals surface area contributed by atoms with Crippen LogP contribution in [0, 0.1) is 5.92 Å². The first-order chi connectivity index (χ1) is 12.3. The molecule has 0 spiro atoms. The summed E-state index contributed by atoms with van der Waals surface area (Å²) >= 11 is 0. The zero-order valence-electron chi connectivity index (χ0n) is 14.3. The van der Waals surface area contributed by atoms with Crippen molar-refractivity contribution in [2.45, 2.75) is 38.1 Å². The lowest BCUT2D eigenvalue weighted by atomic mass is 9.89. The molecule has 2 aromatic rings. The van der Waals surface area contributed by atoms with E-state index in [1.807, 2.05) is 18.2 Å². The summed E-state index contributed by atoms with van der Waals surface area (Å²) in [6.45, 7) is 2.88. The SMILES string of the molecule is O=C(NCc1ccco1)[C@@H]1C[C@H]2OCC[C@H]2N(Cc2ccccc2)C1. The van der Waals surface area contributed by atoms with E-state index in [1.165, 1.54) is 5.56 Å². The van der Waals surface area contributed by atoms with Gasteiger partial charge in [-0.05, 0) is 30.5 Å². The minimum absolute atomic E-state index is 0.0435. The van der Waals surface area contributed by atoms with Crippen LogP contribution in [0.1, 0.15) is 24.2 Å². The van der Waals surface area contributed by atoms with Gasteiger partial charge in [-0.1, -0.05) is 30.3 Å². The average Bonchev–Trinajstić information content (AvgIpc) is 3.32. The molecule has 2 aliphatic rings. The van der Waals surface area contributed by atoms with Gasteiger partial charge in [0.05, 0.1) is 24.8 Å². The van der Waals surface area contributed by atoms with E-state index in [4.69, 9.17) is 9.15 Å². The number of benzene rings is 1. The van der Waals surface area contributed by atoms with Crippen molar-refractivity contribution in [1.29, 1.82) is 0 Å². The van der Waals surface area contributed by atoms with E-state index < -0.39 is 0 Å². The minimum Gasteiger partial charge on any atom is -0.467 e. The second-order valence-corrected chi connectivity index (χ2v) is 6.91. The predicted octanol–water partition coefficient (Wildman–Crippen LogP) is 2.58. The van der Waals surface area contributed by atoms with E-state index >= 15 is 0 Å². The Morgan fingerprint density at radius 3 is 2.88 bits per heavy atom. The Kier molecular flexibility index (Phi) is 4.85. The Balaban J connectivity index is 1.41. The van der Waals surface area contributed by atoms with E-state index in [2.05, 4.69) is 34.5 Å². The monoisotopic (exact) mass is 340 g/mol. The molecule has 2 fully saturated rings. The normalized spacial score (nSPS) is 26.3. The smallest absolute Gasteiger partial charge is 0.224 e. The number of furan rings is 1. The number of nitrogens with zero attached hydrogens (tertiary/aromatic N) is 1. The van der Waals surface area contributed by atoms with Crippen molar-refractivity contribution in [3.05, 3.63) is 60.1 Å². The predicted molar refractivity (Wildman–Crippen MR) is 93.7 cm³/mol. The topological polar surface area (TPSA) is 54.7 Å². The van der Waals surface area contributed by atoms with Gasteiger partial charge in [0.1, 0.15) is 5.76 Å². The number of carbonyl (C=O) groups excluding carboxylic acids is 1. The van der Waals surface area contributed by atoms with Crippen molar-refractivity contribution in [2.75, 3.05) is 13.2 Å². The van der Waals surface area contributed by atoms with Crippen molar-refractivity contribution in [3.63, 3.8) is 0 Å². The third kappa shape index (κ3) is 3.78. The van der Waals surface area contributed by atoms with Crippen LogP contribution in [-0.2, 0) is 22.6 Å². The summed E-state index contributed by atoms with van der Waals surface area (Å²) in [5.41, 5.74) is 1.28. The highest BCUT2D eigenvalue weighted by Gasteiger charge is 2.42. The Morgan fingerprint density at radius 1 is 1.20 bits per heavy atom. The molecule has 5 nitrogen and oxygen atoms in total. The summed E-state index contributed by atoms with van der Waals surface area (Å²) in [5.74, 6) is 0.821. The second kappa shape index (κ2) is 7.42. The van der Waals surface area contributed by atoms with Gasteiger partial charge in [0.25, 0.3) is 0 Å². The van der Waals surface area contributed by atoms with Crippen LogP contribution in [0.2, 0.25) is 0 Å². The maximum Gasteiger partial charge on any atom is 0.224 e. The number of carbonyl (C=O) groups is 1. The molecule has 25 heavy (non-hydrogen) atoms. The lowest BCUT2D eigenvalue weighted by Gasteiger charge is -2.40. The number of ether oxygens (including phenoxy) is 1. The number of fused-ring (bicyclic) bond motifs is 1. The van der Waals surface area contributed by atoms with Gasteiger partial charge < -0.3 is 14.5 Å². The van der Waals surface area contributed by atoms with Gasteiger partial charge in [0.15, 0.2) is 0 Å². The quantitative estimate of drug-likeness (QED) is 0.909. The number of hydrogen-bond donors (Lipinski definition) is 1. The Morgan fingerprint density at radius 2 is 2.08 bits per heavy atom. The molecule has 132 valence electrons. The fraction of sp³-hybridized carbons (Fsp3) is 0.450.